The van der Waals surface area contributed by atoms with Gasteiger partial charge in [0.1, 0.15) is 5.56 Å². The molecule has 0 spiro atoms. The number of amides is 1. The van der Waals surface area contributed by atoms with Crippen molar-refractivity contribution in [1.29, 1.82) is 0 Å². The third-order valence-corrected chi connectivity index (χ3v) is 4.36. The first-order chi connectivity index (χ1) is 11.5. The Labute approximate surface area is 139 Å². The molecule has 0 bridgehead atoms. The monoisotopic (exact) mass is 330 g/mol. The molecule has 1 saturated carbocycles. The standard InChI is InChI=1S/C17H22N4O3/c1-20(2)10-11-7-8-21-15(14(11)22)18-9-13(17(21)24)16(23)19-12-5-3-4-6-12/h7-9,12,22H,3-6,10H2,1-2H3,(H,19,23). The Hall–Kier alpha value is -2.41. The van der Waals surface area contributed by atoms with E-state index in [-0.39, 0.29) is 23.0 Å². The third kappa shape index (κ3) is 3.12. The van der Waals surface area contributed by atoms with E-state index in [2.05, 4.69) is 10.3 Å². The van der Waals surface area contributed by atoms with E-state index in [1.54, 1.807) is 12.3 Å². The molecule has 0 aromatic carbocycles. The zero-order valence-electron chi connectivity index (χ0n) is 14.0. The van der Waals surface area contributed by atoms with Gasteiger partial charge in [0.2, 0.25) is 0 Å². The first-order valence-electron chi connectivity index (χ1n) is 8.15. The van der Waals surface area contributed by atoms with Crippen molar-refractivity contribution < 1.29 is 9.90 Å². The molecule has 128 valence electrons. The van der Waals surface area contributed by atoms with Crippen molar-refractivity contribution in [2.45, 2.75) is 38.3 Å². The van der Waals surface area contributed by atoms with Gasteiger partial charge in [0.25, 0.3) is 11.5 Å². The van der Waals surface area contributed by atoms with Crippen molar-refractivity contribution in [1.82, 2.24) is 19.6 Å². The van der Waals surface area contributed by atoms with Gasteiger partial charge in [0.15, 0.2) is 11.4 Å². The molecular formula is C17H22N4O3. The van der Waals surface area contributed by atoms with Gasteiger partial charge in [0.05, 0.1) is 0 Å². The summed E-state index contributed by atoms with van der Waals surface area (Å²) in [5.74, 6) is -0.434. The average Bonchev–Trinajstić information content (AvgIpc) is 3.03. The number of hydrogen-bond donors (Lipinski definition) is 2. The predicted octanol–water partition coefficient (Wildman–Crippen LogP) is 1.13. The van der Waals surface area contributed by atoms with E-state index in [0.717, 1.165) is 25.7 Å². The van der Waals surface area contributed by atoms with Gasteiger partial charge in [-0.2, -0.15) is 0 Å². The van der Waals surface area contributed by atoms with Crippen molar-refractivity contribution in [3.05, 3.63) is 39.9 Å². The molecule has 1 amide bonds. The number of aromatic hydroxyl groups is 1. The van der Waals surface area contributed by atoms with Crippen LogP contribution in [-0.4, -0.2) is 45.4 Å². The first kappa shape index (κ1) is 16.4. The number of carbonyl (C=O) groups excluding carboxylic acids is 1. The highest BCUT2D eigenvalue weighted by atomic mass is 16.3. The van der Waals surface area contributed by atoms with Crippen LogP contribution in [-0.2, 0) is 6.54 Å². The number of rotatable bonds is 4. The van der Waals surface area contributed by atoms with Crippen LogP contribution in [0.5, 0.6) is 5.75 Å². The minimum atomic E-state index is -0.470. The molecule has 0 aliphatic heterocycles. The number of aromatic nitrogens is 2. The van der Waals surface area contributed by atoms with E-state index in [1.807, 2.05) is 19.0 Å². The first-order valence-corrected chi connectivity index (χ1v) is 8.15. The molecule has 0 radical (unpaired) electrons. The SMILES string of the molecule is CN(C)Cc1ccn2c(=O)c(C(=O)NC3CCCC3)cnc2c1O. The van der Waals surface area contributed by atoms with Gasteiger partial charge in [-0.3, -0.25) is 14.0 Å². The summed E-state index contributed by atoms with van der Waals surface area (Å²) in [5.41, 5.74) is 0.369. The summed E-state index contributed by atoms with van der Waals surface area (Å²) in [4.78, 5) is 30.9. The van der Waals surface area contributed by atoms with E-state index in [4.69, 9.17) is 0 Å². The van der Waals surface area contributed by atoms with Crippen LogP contribution in [0.4, 0.5) is 0 Å². The second-order valence-electron chi connectivity index (χ2n) is 6.55. The second-order valence-corrected chi connectivity index (χ2v) is 6.55. The number of hydrogen-bond acceptors (Lipinski definition) is 5. The van der Waals surface area contributed by atoms with Crippen LogP contribution in [0.1, 0.15) is 41.6 Å². The van der Waals surface area contributed by atoms with Crippen LogP contribution < -0.4 is 10.9 Å². The maximum atomic E-state index is 12.6. The van der Waals surface area contributed by atoms with Gasteiger partial charge < -0.3 is 15.3 Å². The van der Waals surface area contributed by atoms with E-state index < -0.39 is 11.5 Å². The molecule has 3 rings (SSSR count). The second kappa shape index (κ2) is 6.60. The van der Waals surface area contributed by atoms with Crippen LogP contribution in [0.25, 0.3) is 5.65 Å². The van der Waals surface area contributed by atoms with Gasteiger partial charge in [-0.15, -0.1) is 0 Å². The number of nitrogens with zero attached hydrogens (tertiary/aromatic N) is 3. The molecule has 0 atom stereocenters. The van der Waals surface area contributed by atoms with Crippen LogP contribution >= 0.6 is 0 Å². The van der Waals surface area contributed by atoms with Gasteiger partial charge in [0, 0.05) is 30.5 Å². The normalized spacial score (nSPS) is 15.3. The summed E-state index contributed by atoms with van der Waals surface area (Å²) in [6.45, 7) is 0.530. The highest BCUT2D eigenvalue weighted by Gasteiger charge is 2.21. The lowest BCUT2D eigenvalue weighted by atomic mass is 10.2. The Bertz CT molecular complexity index is 822. The summed E-state index contributed by atoms with van der Waals surface area (Å²) in [6, 6.07) is 1.80. The van der Waals surface area contributed by atoms with Crippen LogP contribution in [0.3, 0.4) is 0 Å². The molecular weight excluding hydrogens is 308 g/mol. The Morgan fingerprint density at radius 1 is 1.42 bits per heavy atom. The van der Waals surface area contributed by atoms with E-state index in [9.17, 15) is 14.7 Å². The van der Waals surface area contributed by atoms with E-state index in [0.29, 0.717) is 12.1 Å². The highest BCUT2D eigenvalue weighted by Crippen LogP contribution is 2.22. The molecule has 24 heavy (non-hydrogen) atoms. The molecule has 1 fully saturated rings. The lowest BCUT2D eigenvalue weighted by molar-refractivity contribution is 0.0935. The highest BCUT2D eigenvalue weighted by molar-refractivity contribution is 5.94. The topological polar surface area (TPSA) is 86.9 Å². The number of fused-ring (bicyclic) bond motifs is 1. The van der Waals surface area contributed by atoms with Gasteiger partial charge >= 0.3 is 0 Å². The molecule has 2 aromatic heterocycles. The molecule has 0 saturated heterocycles. The number of pyridine rings is 1. The van der Waals surface area contributed by atoms with Crippen molar-refractivity contribution >= 4 is 11.6 Å². The summed E-state index contributed by atoms with van der Waals surface area (Å²) in [6.07, 6.45) is 6.90. The molecule has 7 nitrogen and oxygen atoms in total. The summed E-state index contributed by atoms with van der Waals surface area (Å²) >= 11 is 0. The fraction of sp³-hybridized carbons (Fsp3) is 0.471. The maximum Gasteiger partial charge on any atom is 0.270 e. The Morgan fingerprint density at radius 2 is 2.12 bits per heavy atom. The molecule has 1 aliphatic rings. The third-order valence-electron chi connectivity index (χ3n) is 4.36. The Balaban J connectivity index is 1.96. The average molecular weight is 330 g/mol. The van der Waals surface area contributed by atoms with Crippen molar-refractivity contribution in [3.63, 3.8) is 0 Å². The van der Waals surface area contributed by atoms with Gasteiger partial charge in [-0.1, -0.05) is 12.8 Å². The van der Waals surface area contributed by atoms with Crippen LogP contribution in [0.2, 0.25) is 0 Å². The zero-order valence-corrected chi connectivity index (χ0v) is 14.0. The zero-order chi connectivity index (χ0) is 17.3. The fourth-order valence-electron chi connectivity index (χ4n) is 3.13. The lowest BCUT2D eigenvalue weighted by Gasteiger charge is -2.14. The van der Waals surface area contributed by atoms with Crippen LogP contribution in [0.15, 0.2) is 23.3 Å². The molecule has 2 aromatic rings. The minimum Gasteiger partial charge on any atom is -0.504 e. The largest absolute Gasteiger partial charge is 0.504 e. The molecule has 7 heteroatoms. The van der Waals surface area contributed by atoms with Crippen molar-refractivity contribution in [3.8, 4) is 5.75 Å². The fourth-order valence-corrected chi connectivity index (χ4v) is 3.13. The lowest BCUT2D eigenvalue weighted by Crippen LogP contribution is -2.37. The Morgan fingerprint density at radius 3 is 2.79 bits per heavy atom. The van der Waals surface area contributed by atoms with Crippen molar-refractivity contribution in [2.24, 2.45) is 0 Å². The van der Waals surface area contributed by atoms with Crippen LogP contribution in [0, 0.1) is 0 Å². The minimum absolute atomic E-state index is 0.000778. The molecule has 1 aliphatic carbocycles. The summed E-state index contributed by atoms with van der Waals surface area (Å²) in [5, 5.41) is 13.2. The smallest absolute Gasteiger partial charge is 0.270 e. The summed E-state index contributed by atoms with van der Waals surface area (Å²) in [7, 11) is 3.78. The molecule has 0 unspecified atom stereocenters. The summed E-state index contributed by atoms with van der Waals surface area (Å²) < 4.78 is 1.22. The predicted molar refractivity (Wildman–Crippen MR) is 90.2 cm³/mol. The van der Waals surface area contributed by atoms with E-state index in [1.165, 1.54) is 10.6 Å². The van der Waals surface area contributed by atoms with Gasteiger partial charge in [-0.05, 0) is 33.0 Å². The number of carbonyl (C=O) groups is 1. The van der Waals surface area contributed by atoms with E-state index >= 15 is 0 Å². The molecule has 2 N–H and O–H groups in total. The number of nitrogens with one attached hydrogen (secondary N) is 1. The quantitative estimate of drug-likeness (QED) is 0.878. The molecule has 2 heterocycles. The Kier molecular flexibility index (Phi) is 4.53. The maximum absolute atomic E-state index is 12.6. The van der Waals surface area contributed by atoms with Crippen molar-refractivity contribution in [2.75, 3.05) is 14.1 Å². The van der Waals surface area contributed by atoms with Gasteiger partial charge in [-0.25, -0.2) is 4.98 Å².